The topological polar surface area (TPSA) is 20.2 Å². The molecule has 1 unspecified atom stereocenters. The fraction of sp³-hybridized carbons (Fsp3) is 1.00. The minimum atomic E-state index is -0.0297. The zero-order valence-electron chi connectivity index (χ0n) is 18.6. The summed E-state index contributed by atoms with van der Waals surface area (Å²) in [6, 6.07) is 0. The van der Waals surface area contributed by atoms with E-state index in [4.69, 9.17) is 0 Å². The van der Waals surface area contributed by atoms with E-state index in [9.17, 15) is 5.11 Å². The van der Waals surface area contributed by atoms with Crippen LogP contribution in [-0.2, 0) is 0 Å². The van der Waals surface area contributed by atoms with Crippen molar-refractivity contribution in [1.82, 2.24) is 0 Å². The summed E-state index contributed by atoms with van der Waals surface area (Å²) >= 11 is 0. The Labute approximate surface area is 166 Å². The molecule has 0 saturated carbocycles. The number of rotatable bonds is 22. The Morgan fingerprint density at radius 1 is 0.385 bits per heavy atom. The van der Waals surface area contributed by atoms with Gasteiger partial charge in [0.2, 0.25) is 0 Å². The summed E-state index contributed by atoms with van der Waals surface area (Å²) in [5.41, 5.74) is 0. The van der Waals surface area contributed by atoms with Crippen LogP contribution >= 0.6 is 0 Å². The van der Waals surface area contributed by atoms with Gasteiger partial charge >= 0.3 is 0 Å². The van der Waals surface area contributed by atoms with Crippen molar-refractivity contribution in [3.63, 3.8) is 0 Å². The second-order valence-electron chi connectivity index (χ2n) is 8.60. The van der Waals surface area contributed by atoms with E-state index in [1.165, 1.54) is 128 Å². The lowest BCUT2D eigenvalue weighted by Gasteiger charge is -2.09. The van der Waals surface area contributed by atoms with E-state index >= 15 is 0 Å². The van der Waals surface area contributed by atoms with Gasteiger partial charge in [0, 0.05) is 0 Å². The molecule has 0 aromatic rings. The number of aliphatic hydroxyl groups excluding tert-OH is 1. The predicted molar refractivity (Wildman–Crippen MR) is 119 cm³/mol. The Kier molecular flexibility index (Phi) is 23.0. The first kappa shape index (κ1) is 26.0. The zero-order valence-corrected chi connectivity index (χ0v) is 18.6. The Bertz CT molecular complexity index is 238. The summed E-state index contributed by atoms with van der Waals surface area (Å²) in [6.07, 6.45) is 29.9. The van der Waals surface area contributed by atoms with E-state index in [0.29, 0.717) is 0 Å². The third kappa shape index (κ3) is 22.0. The summed E-state index contributed by atoms with van der Waals surface area (Å²) in [6.45, 7) is 4.52. The molecule has 0 aromatic heterocycles. The minimum absolute atomic E-state index is 0.0297. The second-order valence-corrected chi connectivity index (χ2v) is 8.60. The van der Waals surface area contributed by atoms with E-state index in [0.717, 1.165) is 12.8 Å². The molecule has 26 heavy (non-hydrogen) atoms. The highest BCUT2D eigenvalue weighted by molar-refractivity contribution is 4.57. The maximum atomic E-state index is 9.90. The predicted octanol–water partition coefficient (Wildman–Crippen LogP) is 8.97. The first-order valence-electron chi connectivity index (χ1n) is 12.5. The molecular formula is C25H52O. The number of unbranched alkanes of at least 4 members (excludes halogenated alkanes) is 18. The van der Waals surface area contributed by atoms with E-state index < -0.39 is 0 Å². The quantitative estimate of drug-likeness (QED) is 0.189. The van der Waals surface area contributed by atoms with E-state index in [1.807, 2.05) is 0 Å². The molecule has 1 heteroatoms. The van der Waals surface area contributed by atoms with Gasteiger partial charge in [0.15, 0.2) is 0 Å². The molecule has 0 spiro atoms. The molecule has 0 saturated heterocycles. The molecule has 0 aliphatic rings. The van der Waals surface area contributed by atoms with Crippen LogP contribution in [0.2, 0.25) is 0 Å². The van der Waals surface area contributed by atoms with Crippen LogP contribution in [0.3, 0.4) is 0 Å². The highest BCUT2D eigenvalue weighted by Crippen LogP contribution is 2.15. The van der Waals surface area contributed by atoms with Gasteiger partial charge in [-0.1, -0.05) is 142 Å². The average Bonchev–Trinajstić information content (AvgIpc) is 2.64. The molecule has 1 atom stereocenters. The van der Waals surface area contributed by atoms with E-state index in [1.54, 1.807) is 0 Å². The Hall–Kier alpha value is -0.0400. The Morgan fingerprint density at radius 2 is 0.615 bits per heavy atom. The van der Waals surface area contributed by atoms with E-state index in [2.05, 4.69) is 13.8 Å². The molecule has 1 nitrogen and oxygen atoms in total. The van der Waals surface area contributed by atoms with Gasteiger partial charge in [0.25, 0.3) is 0 Å². The molecule has 0 bridgehead atoms. The molecule has 0 aromatic carbocycles. The highest BCUT2D eigenvalue weighted by Gasteiger charge is 2.03. The SMILES string of the molecule is CCCCCCCCCCCCCCCCCCCC(O)CCCCC. The van der Waals surface area contributed by atoms with Gasteiger partial charge in [0.05, 0.1) is 6.10 Å². The Morgan fingerprint density at radius 3 is 0.962 bits per heavy atom. The summed E-state index contributed by atoms with van der Waals surface area (Å²) in [7, 11) is 0. The summed E-state index contributed by atoms with van der Waals surface area (Å²) in [5, 5.41) is 9.90. The highest BCUT2D eigenvalue weighted by atomic mass is 16.3. The van der Waals surface area contributed by atoms with Crippen molar-refractivity contribution >= 4 is 0 Å². The molecule has 0 aliphatic heterocycles. The lowest BCUT2D eigenvalue weighted by atomic mass is 10.0. The third-order valence-corrected chi connectivity index (χ3v) is 5.78. The Balaban J connectivity index is 3.05. The minimum Gasteiger partial charge on any atom is -0.393 e. The maximum absolute atomic E-state index is 9.90. The van der Waals surface area contributed by atoms with Crippen molar-refractivity contribution in [3.05, 3.63) is 0 Å². The van der Waals surface area contributed by atoms with Crippen molar-refractivity contribution in [2.75, 3.05) is 0 Å². The van der Waals surface area contributed by atoms with Crippen molar-refractivity contribution < 1.29 is 5.11 Å². The van der Waals surface area contributed by atoms with Crippen LogP contribution in [0.25, 0.3) is 0 Å². The van der Waals surface area contributed by atoms with Gasteiger partial charge in [-0.05, 0) is 12.8 Å². The number of hydrogen-bond acceptors (Lipinski definition) is 1. The van der Waals surface area contributed by atoms with Crippen molar-refractivity contribution in [3.8, 4) is 0 Å². The summed E-state index contributed by atoms with van der Waals surface area (Å²) in [4.78, 5) is 0. The molecule has 0 amide bonds. The molecular weight excluding hydrogens is 316 g/mol. The largest absolute Gasteiger partial charge is 0.393 e. The smallest absolute Gasteiger partial charge is 0.0540 e. The molecule has 0 fully saturated rings. The van der Waals surface area contributed by atoms with Crippen LogP contribution in [0, 0.1) is 0 Å². The molecule has 0 rings (SSSR count). The van der Waals surface area contributed by atoms with Gasteiger partial charge in [-0.3, -0.25) is 0 Å². The van der Waals surface area contributed by atoms with Gasteiger partial charge in [0.1, 0.15) is 0 Å². The van der Waals surface area contributed by atoms with E-state index in [-0.39, 0.29) is 6.10 Å². The van der Waals surface area contributed by atoms with Crippen molar-refractivity contribution in [2.45, 2.75) is 161 Å². The maximum Gasteiger partial charge on any atom is 0.0540 e. The van der Waals surface area contributed by atoms with Crippen LogP contribution in [0.4, 0.5) is 0 Å². The lowest BCUT2D eigenvalue weighted by Crippen LogP contribution is -2.05. The summed E-state index contributed by atoms with van der Waals surface area (Å²) < 4.78 is 0. The van der Waals surface area contributed by atoms with Crippen LogP contribution < -0.4 is 0 Å². The van der Waals surface area contributed by atoms with Gasteiger partial charge in [-0.15, -0.1) is 0 Å². The van der Waals surface area contributed by atoms with Crippen molar-refractivity contribution in [1.29, 1.82) is 0 Å². The van der Waals surface area contributed by atoms with Gasteiger partial charge in [-0.25, -0.2) is 0 Å². The van der Waals surface area contributed by atoms with Gasteiger partial charge < -0.3 is 5.11 Å². The molecule has 0 heterocycles. The molecule has 1 N–H and O–H groups in total. The average molecular weight is 369 g/mol. The zero-order chi connectivity index (χ0) is 19.1. The fourth-order valence-electron chi connectivity index (χ4n) is 3.88. The number of aliphatic hydroxyl groups is 1. The number of hydrogen-bond donors (Lipinski definition) is 1. The fourth-order valence-corrected chi connectivity index (χ4v) is 3.88. The third-order valence-electron chi connectivity index (χ3n) is 5.78. The lowest BCUT2D eigenvalue weighted by molar-refractivity contribution is 0.147. The summed E-state index contributed by atoms with van der Waals surface area (Å²) in [5.74, 6) is 0. The second kappa shape index (κ2) is 23.0. The van der Waals surface area contributed by atoms with Crippen LogP contribution in [0.1, 0.15) is 155 Å². The molecule has 0 aliphatic carbocycles. The first-order chi connectivity index (χ1) is 12.8. The monoisotopic (exact) mass is 368 g/mol. The van der Waals surface area contributed by atoms with Crippen LogP contribution in [0.5, 0.6) is 0 Å². The van der Waals surface area contributed by atoms with Crippen molar-refractivity contribution in [2.24, 2.45) is 0 Å². The standard InChI is InChI=1S/C25H52O/c1-3-5-7-8-9-10-11-12-13-14-15-16-17-18-19-20-22-24-25(26)23-21-6-4-2/h25-26H,3-24H2,1-2H3. The normalized spacial score (nSPS) is 12.6. The first-order valence-corrected chi connectivity index (χ1v) is 12.5. The molecule has 158 valence electrons. The van der Waals surface area contributed by atoms with Gasteiger partial charge in [-0.2, -0.15) is 0 Å². The van der Waals surface area contributed by atoms with Crippen LogP contribution in [0.15, 0.2) is 0 Å². The molecule has 0 radical (unpaired) electrons. The van der Waals surface area contributed by atoms with Crippen LogP contribution in [-0.4, -0.2) is 11.2 Å².